The number of anilines is 3. The Morgan fingerprint density at radius 3 is 2.87 bits per heavy atom. The van der Waals surface area contributed by atoms with E-state index in [2.05, 4.69) is 28.3 Å². The van der Waals surface area contributed by atoms with Gasteiger partial charge in [0.1, 0.15) is 5.82 Å². The molecule has 0 atom stereocenters. The molecule has 1 aromatic heterocycles. The van der Waals surface area contributed by atoms with Gasteiger partial charge in [-0.3, -0.25) is 0 Å². The molecule has 1 heterocycles. The molecule has 0 spiro atoms. The lowest BCUT2D eigenvalue weighted by Crippen LogP contribution is -2.11. The van der Waals surface area contributed by atoms with Crippen molar-refractivity contribution >= 4 is 23.0 Å². The van der Waals surface area contributed by atoms with Crippen LogP contribution in [0.1, 0.15) is 29.5 Å². The van der Waals surface area contributed by atoms with Gasteiger partial charge in [0.2, 0.25) is 0 Å². The highest BCUT2D eigenvalue weighted by molar-refractivity contribution is 5.73. The molecule has 1 aliphatic carbocycles. The number of nitrogen functional groups attached to an aromatic ring is 1. The molecule has 0 amide bonds. The highest BCUT2D eigenvalue weighted by Gasteiger charge is 2.16. The molecule has 4 N–H and O–H groups in total. The Kier molecular flexibility index (Phi) is 4.19. The first-order chi connectivity index (χ1) is 11.1. The smallest absolute Gasteiger partial charge is 0.169 e. The minimum absolute atomic E-state index is 0.147. The lowest BCUT2D eigenvalue weighted by Gasteiger charge is -2.20. The highest BCUT2D eigenvalue weighted by atomic mass is 19.1. The number of pyridine rings is 1. The molecule has 0 fully saturated rings. The maximum absolute atomic E-state index is 14.4. The minimum atomic E-state index is -0.445. The van der Waals surface area contributed by atoms with Gasteiger partial charge in [-0.15, -0.1) is 0 Å². The molecule has 2 aromatic rings. The fraction of sp³-hybridized carbons (Fsp3) is 0.278. The Bertz CT molecular complexity index is 755. The van der Waals surface area contributed by atoms with E-state index in [0.717, 1.165) is 24.9 Å². The molecular formula is C18H21FN4. The summed E-state index contributed by atoms with van der Waals surface area (Å²) < 4.78 is 14.4. The quantitative estimate of drug-likeness (QED) is 0.807. The number of fused-ring (bicyclic) bond motifs is 1. The Labute approximate surface area is 135 Å². The summed E-state index contributed by atoms with van der Waals surface area (Å²) in [6.07, 6.45) is 4.44. The lowest BCUT2D eigenvalue weighted by molar-refractivity contribution is 0.626. The van der Waals surface area contributed by atoms with Gasteiger partial charge in [-0.25, -0.2) is 9.37 Å². The Morgan fingerprint density at radius 2 is 2.09 bits per heavy atom. The summed E-state index contributed by atoms with van der Waals surface area (Å²) >= 11 is 0. The second-order valence-electron chi connectivity index (χ2n) is 5.76. The average molecular weight is 312 g/mol. The second-order valence-corrected chi connectivity index (χ2v) is 5.76. The normalized spacial score (nSPS) is 13.3. The van der Waals surface area contributed by atoms with Gasteiger partial charge >= 0.3 is 0 Å². The number of aryl methyl sites for hydroxylation is 1. The highest BCUT2D eigenvalue weighted by Crippen LogP contribution is 2.31. The summed E-state index contributed by atoms with van der Waals surface area (Å²) in [4.78, 5) is 4.18. The zero-order valence-electron chi connectivity index (χ0n) is 13.2. The van der Waals surface area contributed by atoms with E-state index in [1.165, 1.54) is 23.6 Å². The molecule has 5 heteroatoms. The van der Waals surface area contributed by atoms with E-state index in [1.54, 1.807) is 7.05 Å². The summed E-state index contributed by atoms with van der Waals surface area (Å²) in [5.74, 6) is -0.0498. The van der Waals surface area contributed by atoms with Gasteiger partial charge in [-0.2, -0.15) is 0 Å². The molecule has 1 aromatic carbocycles. The number of benzene rings is 1. The molecule has 23 heavy (non-hydrogen) atoms. The van der Waals surface area contributed by atoms with Gasteiger partial charge in [0.25, 0.3) is 0 Å². The van der Waals surface area contributed by atoms with Crippen LogP contribution < -0.4 is 16.4 Å². The van der Waals surface area contributed by atoms with Crippen LogP contribution in [0.5, 0.6) is 0 Å². The summed E-state index contributed by atoms with van der Waals surface area (Å²) in [5, 5.41) is 5.97. The number of hydrogen-bond donors (Lipinski definition) is 3. The van der Waals surface area contributed by atoms with Crippen LogP contribution in [0, 0.1) is 5.82 Å². The summed E-state index contributed by atoms with van der Waals surface area (Å²) in [7, 11) is 1.71. The zero-order valence-corrected chi connectivity index (χ0v) is 13.2. The first-order valence-electron chi connectivity index (χ1n) is 7.81. The molecule has 3 rings (SSSR count). The van der Waals surface area contributed by atoms with Crippen LogP contribution in [-0.2, 0) is 12.8 Å². The van der Waals surface area contributed by atoms with E-state index in [4.69, 9.17) is 5.73 Å². The Hall–Kier alpha value is -2.56. The third kappa shape index (κ3) is 2.99. The van der Waals surface area contributed by atoms with E-state index in [-0.39, 0.29) is 11.6 Å². The zero-order chi connectivity index (χ0) is 16.4. The summed E-state index contributed by atoms with van der Waals surface area (Å²) in [5.41, 5.74) is 10.4. The van der Waals surface area contributed by atoms with Crippen molar-refractivity contribution in [1.29, 1.82) is 0 Å². The van der Waals surface area contributed by atoms with Crippen LogP contribution in [0.2, 0.25) is 0 Å². The third-order valence-electron chi connectivity index (χ3n) is 4.28. The van der Waals surface area contributed by atoms with Crippen LogP contribution in [-0.4, -0.2) is 12.0 Å². The van der Waals surface area contributed by atoms with Crippen molar-refractivity contribution in [2.24, 2.45) is 0 Å². The Balaban J connectivity index is 1.95. The molecule has 0 unspecified atom stereocenters. The molecule has 0 radical (unpaired) electrons. The molecule has 1 aliphatic rings. The monoisotopic (exact) mass is 312 g/mol. The van der Waals surface area contributed by atoms with Gasteiger partial charge < -0.3 is 16.4 Å². The molecule has 0 saturated carbocycles. The number of nitrogens with one attached hydrogen (secondary N) is 2. The predicted octanol–water partition coefficient (Wildman–Crippen LogP) is 3.62. The molecule has 0 bridgehead atoms. The number of nitrogens with zero attached hydrogens (tertiary/aromatic N) is 1. The van der Waals surface area contributed by atoms with Crippen molar-refractivity contribution in [3.8, 4) is 0 Å². The van der Waals surface area contributed by atoms with Gasteiger partial charge in [0.05, 0.1) is 0 Å². The first-order valence-corrected chi connectivity index (χ1v) is 7.81. The van der Waals surface area contributed by atoms with Gasteiger partial charge in [-0.1, -0.05) is 18.7 Å². The van der Waals surface area contributed by atoms with Crippen molar-refractivity contribution < 1.29 is 4.39 Å². The van der Waals surface area contributed by atoms with Crippen LogP contribution in [0.3, 0.4) is 0 Å². The van der Waals surface area contributed by atoms with Crippen LogP contribution in [0.25, 0.3) is 5.70 Å². The molecule has 4 nitrogen and oxygen atoms in total. The minimum Gasteiger partial charge on any atom is -0.388 e. The van der Waals surface area contributed by atoms with Crippen molar-refractivity contribution in [1.82, 2.24) is 10.3 Å². The fourth-order valence-corrected chi connectivity index (χ4v) is 2.99. The standard InChI is InChI=1S/C18H21FN4/c1-11(21-2)14-10-15(19)18(23-17(14)20)22-16-9-5-7-12-6-3-4-8-13(12)16/h5,7,9-10,21H,1,3-4,6,8H2,2H3,(H3,20,22,23). The van der Waals surface area contributed by atoms with Gasteiger partial charge in [0, 0.05) is 24.0 Å². The average Bonchev–Trinajstić information content (AvgIpc) is 2.57. The summed E-state index contributed by atoms with van der Waals surface area (Å²) in [6, 6.07) is 7.45. The predicted molar refractivity (Wildman–Crippen MR) is 93.1 cm³/mol. The molecular weight excluding hydrogens is 291 g/mol. The van der Waals surface area contributed by atoms with Crippen molar-refractivity contribution in [2.45, 2.75) is 25.7 Å². The van der Waals surface area contributed by atoms with Crippen molar-refractivity contribution in [3.63, 3.8) is 0 Å². The van der Waals surface area contributed by atoms with E-state index in [9.17, 15) is 4.39 Å². The molecule has 0 aliphatic heterocycles. The van der Waals surface area contributed by atoms with E-state index >= 15 is 0 Å². The van der Waals surface area contributed by atoms with Crippen molar-refractivity contribution in [2.75, 3.05) is 18.1 Å². The molecule has 120 valence electrons. The number of hydrogen-bond acceptors (Lipinski definition) is 4. The maximum Gasteiger partial charge on any atom is 0.169 e. The fourth-order valence-electron chi connectivity index (χ4n) is 2.99. The summed E-state index contributed by atoms with van der Waals surface area (Å²) in [6.45, 7) is 3.80. The largest absolute Gasteiger partial charge is 0.388 e. The number of halogens is 1. The van der Waals surface area contributed by atoms with Gasteiger partial charge in [-0.05, 0) is 48.9 Å². The second kappa shape index (κ2) is 6.28. The van der Waals surface area contributed by atoms with E-state index < -0.39 is 5.82 Å². The number of aromatic nitrogens is 1. The topological polar surface area (TPSA) is 63.0 Å². The first kappa shape index (κ1) is 15.3. The Morgan fingerprint density at radius 1 is 1.30 bits per heavy atom. The maximum atomic E-state index is 14.4. The van der Waals surface area contributed by atoms with Crippen LogP contribution in [0.4, 0.5) is 21.7 Å². The lowest BCUT2D eigenvalue weighted by atomic mass is 9.90. The SMILES string of the molecule is C=C(NC)c1cc(F)c(Nc2cccc3c2CCCC3)nc1N. The van der Waals surface area contributed by atoms with Crippen molar-refractivity contribution in [3.05, 3.63) is 53.4 Å². The van der Waals surface area contributed by atoms with Crippen LogP contribution >= 0.6 is 0 Å². The van der Waals surface area contributed by atoms with E-state index in [0.29, 0.717) is 11.3 Å². The van der Waals surface area contributed by atoms with Crippen LogP contribution in [0.15, 0.2) is 30.8 Å². The number of rotatable bonds is 4. The number of nitrogens with two attached hydrogens (primary N) is 1. The van der Waals surface area contributed by atoms with Gasteiger partial charge in [0.15, 0.2) is 11.6 Å². The van der Waals surface area contributed by atoms with E-state index in [1.807, 2.05) is 12.1 Å². The molecule has 0 saturated heterocycles. The third-order valence-corrected chi connectivity index (χ3v) is 4.28.